The van der Waals surface area contributed by atoms with Gasteiger partial charge >= 0.3 is 0 Å². The highest BCUT2D eigenvalue weighted by Crippen LogP contribution is 2.45. The molecule has 5 rings (SSSR count). The van der Waals surface area contributed by atoms with E-state index in [1.165, 1.54) is 0 Å². The fourth-order valence-corrected chi connectivity index (χ4v) is 4.44. The Labute approximate surface area is 176 Å². The molecular weight excluding hydrogens is 380 g/mol. The number of carbonyl (C=O) groups excluding carboxylic acids is 1. The fourth-order valence-electron chi connectivity index (χ4n) is 4.44. The number of amides is 1. The quantitative estimate of drug-likeness (QED) is 0.719. The molecule has 0 saturated carbocycles. The number of hydrogen-bond acceptors (Lipinski definition) is 4. The number of rotatable bonds is 4. The SMILES string of the molecule is O=C(c1ccc(OCCO)cc1)N1CCC2(CC1)Oc1ccccc1-n1cccc12.[HH]. The monoisotopic (exact) mass is 406 g/mol. The number of carbonyl (C=O) groups is 1. The zero-order valence-corrected chi connectivity index (χ0v) is 16.7. The smallest absolute Gasteiger partial charge is 0.253 e. The number of likely N-dealkylation sites (tertiary alicyclic amines) is 1. The topological polar surface area (TPSA) is 63.9 Å². The van der Waals surface area contributed by atoms with E-state index in [-0.39, 0.29) is 20.5 Å². The van der Waals surface area contributed by atoms with Crippen LogP contribution in [0, 0.1) is 0 Å². The molecule has 6 nitrogen and oxygen atoms in total. The van der Waals surface area contributed by atoms with Crippen molar-refractivity contribution in [3.8, 4) is 17.2 Å². The van der Waals surface area contributed by atoms with E-state index in [0.717, 1.165) is 30.0 Å². The van der Waals surface area contributed by atoms with Crippen LogP contribution in [0.4, 0.5) is 0 Å². The lowest BCUT2D eigenvalue weighted by atomic mass is 9.86. The lowest BCUT2D eigenvalue weighted by molar-refractivity contribution is -0.00930. The van der Waals surface area contributed by atoms with Gasteiger partial charge < -0.3 is 24.0 Å². The van der Waals surface area contributed by atoms with E-state index in [9.17, 15) is 4.79 Å². The molecule has 0 atom stereocenters. The lowest BCUT2D eigenvalue weighted by Crippen LogP contribution is -2.49. The van der Waals surface area contributed by atoms with Crippen LogP contribution in [-0.2, 0) is 5.60 Å². The summed E-state index contributed by atoms with van der Waals surface area (Å²) in [6.07, 6.45) is 3.57. The van der Waals surface area contributed by atoms with Crippen molar-refractivity contribution >= 4 is 5.91 Å². The van der Waals surface area contributed by atoms with Crippen LogP contribution in [0.25, 0.3) is 5.69 Å². The molecule has 2 aliphatic heterocycles. The molecule has 1 aromatic heterocycles. The first-order valence-electron chi connectivity index (χ1n) is 10.3. The van der Waals surface area contributed by atoms with Crippen LogP contribution in [-0.4, -0.2) is 46.8 Å². The van der Waals surface area contributed by atoms with Crippen molar-refractivity contribution in [2.45, 2.75) is 18.4 Å². The molecule has 3 heterocycles. The molecule has 1 saturated heterocycles. The van der Waals surface area contributed by atoms with Crippen molar-refractivity contribution < 1.29 is 20.8 Å². The Morgan fingerprint density at radius 3 is 2.60 bits per heavy atom. The second kappa shape index (κ2) is 7.54. The minimum Gasteiger partial charge on any atom is -0.491 e. The molecule has 1 spiro atoms. The molecule has 6 heteroatoms. The Bertz CT molecular complexity index is 1060. The maximum absolute atomic E-state index is 13.0. The minimum absolute atomic E-state index is 0. The Kier molecular flexibility index (Phi) is 4.71. The average Bonchev–Trinajstić information content (AvgIpc) is 3.30. The molecular formula is C24H26N2O4. The van der Waals surface area contributed by atoms with Crippen molar-refractivity contribution in [2.75, 3.05) is 26.3 Å². The predicted molar refractivity (Wildman–Crippen MR) is 114 cm³/mol. The van der Waals surface area contributed by atoms with Crippen molar-refractivity contribution in [1.29, 1.82) is 0 Å². The highest BCUT2D eigenvalue weighted by molar-refractivity contribution is 5.94. The standard InChI is InChI=1S/C24H24N2O4.H2/c27-16-17-29-19-9-7-18(8-10-19)23(28)25-14-11-24(12-15-25)22-6-3-13-26(22)20-4-1-2-5-21(20)30-24;/h1-10,13,27H,11-12,14-17H2;1H. The number of hydrogen-bond donors (Lipinski definition) is 1. The molecule has 0 bridgehead atoms. The number of para-hydroxylation sites is 2. The number of aliphatic hydroxyl groups is 1. The van der Waals surface area contributed by atoms with Crippen molar-refractivity contribution in [2.24, 2.45) is 0 Å². The third-order valence-electron chi connectivity index (χ3n) is 5.97. The Morgan fingerprint density at radius 2 is 1.83 bits per heavy atom. The minimum atomic E-state index is -0.406. The number of fused-ring (bicyclic) bond motifs is 4. The van der Waals surface area contributed by atoms with Crippen LogP contribution < -0.4 is 9.47 Å². The molecule has 156 valence electrons. The third kappa shape index (κ3) is 3.13. The highest BCUT2D eigenvalue weighted by atomic mass is 16.5. The van der Waals surface area contributed by atoms with Gasteiger partial charge in [0.2, 0.25) is 0 Å². The van der Waals surface area contributed by atoms with E-state index in [1.807, 2.05) is 23.1 Å². The second-order valence-corrected chi connectivity index (χ2v) is 7.72. The maximum Gasteiger partial charge on any atom is 0.253 e. The first kappa shape index (κ1) is 18.8. The van der Waals surface area contributed by atoms with Crippen LogP contribution in [0.2, 0.25) is 0 Å². The molecule has 0 aliphatic carbocycles. The zero-order valence-electron chi connectivity index (χ0n) is 16.7. The van der Waals surface area contributed by atoms with Gasteiger partial charge in [0.25, 0.3) is 5.91 Å². The third-order valence-corrected chi connectivity index (χ3v) is 5.97. The van der Waals surface area contributed by atoms with Gasteiger partial charge in [0.1, 0.15) is 18.1 Å². The van der Waals surface area contributed by atoms with Gasteiger partial charge in [-0.3, -0.25) is 4.79 Å². The molecule has 1 amide bonds. The number of aliphatic hydroxyl groups excluding tert-OH is 1. The van der Waals surface area contributed by atoms with Gasteiger partial charge in [-0.05, 0) is 48.5 Å². The summed E-state index contributed by atoms with van der Waals surface area (Å²) in [6.45, 7) is 1.47. The number of nitrogens with zero attached hydrogens (tertiary/aromatic N) is 2. The summed E-state index contributed by atoms with van der Waals surface area (Å²) < 4.78 is 14.1. The number of ether oxygens (including phenoxy) is 2. The highest BCUT2D eigenvalue weighted by Gasteiger charge is 2.44. The molecule has 0 radical (unpaired) electrons. The van der Waals surface area contributed by atoms with E-state index in [2.05, 4.69) is 29.0 Å². The van der Waals surface area contributed by atoms with E-state index in [0.29, 0.717) is 24.4 Å². The summed E-state index contributed by atoms with van der Waals surface area (Å²) in [6, 6.07) is 19.4. The Balaban J connectivity index is 0.00000231. The van der Waals surface area contributed by atoms with Crippen LogP contribution >= 0.6 is 0 Å². The molecule has 30 heavy (non-hydrogen) atoms. The Hall–Kier alpha value is -3.25. The van der Waals surface area contributed by atoms with Gasteiger partial charge in [0, 0.05) is 39.1 Å². The first-order valence-corrected chi connectivity index (χ1v) is 10.3. The van der Waals surface area contributed by atoms with Crippen LogP contribution in [0.3, 0.4) is 0 Å². The van der Waals surface area contributed by atoms with Gasteiger partial charge in [-0.25, -0.2) is 0 Å². The fraction of sp³-hybridized carbons (Fsp3) is 0.292. The number of piperidine rings is 1. The molecule has 0 unspecified atom stereocenters. The van der Waals surface area contributed by atoms with Gasteiger partial charge in [-0.15, -0.1) is 0 Å². The number of aromatic nitrogens is 1. The van der Waals surface area contributed by atoms with Gasteiger partial charge in [-0.1, -0.05) is 12.1 Å². The average molecular weight is 406 g/mol. The summed E-state index contributed by atoms with van der Waals surface area (Å²) in [4.78, 5) is 14.9. The van der Waals surface area contributed by atoms with Crippen LogP contribution in [0.5, 0.6) is 11.5 Å². The van der Waals surface area contributed by atoms with Crippen molar-refractivity contribution in [3.63, 3.8) is 0 Å². The molecule has 1 fully saturated rings. The second-order valence-electron chi connectivity index (χ2n) is 7.72. The van der Waals surface area contributed by atoms with Gasteiger partial charge in [0.05, 0.1) is 18.0 Å². The van der Waals surface area contributed by atoms with Crippen LogP contribution in [0.1, 0.15) is 30.3 Å². The normalized spacial score (nSPS) is 16.5. The summed E-state index contributed by atoms with van der Waals surface area (Å²) >= 11 is 0. The van der Waals surface area contributed by atoms with Gasteiger partial charge in [-0.2, -0.15) is 0 Å². The summed E-state index contributed by atoms with van der Waals surface area (Å²) in [5.74, 6) is 1.55. The van der Waals surface area contributed by atoms with Crippen LogP contribution in [0.15, 0.2) is 66.9 Å². The van der Waals surface area contributed by atoms with Crippen molar-refractivity contribution in [1.82, 2.24) is 9.47 Å². The molecule has 1 N–H and O–H groups in total. The maximum atomic E-state index is 13.0. The summed E-state index contributed by atoms with van der Waals surface area (Å²) in [5, 5.41) is 8.85. The zero-order chi connectivity index (χ0) is 20.6. The summed E-state index contributed by atoms with van der Waals surface area (Å²) in [5.41, 5.74) is 2.45. The number of benzene rings is 2. The Morgan fingerprint density at radius 1 is 1.07 bits per heavy atom. The largest absolute Gasteiger partial charge is 0.491 e. The van der Waals surface area contributed by atoms with Crippen molar-refractivity contribution in [3.05, 3.63) is 78.1 Å². The molecule has 2 aliphatic rings. The van der Waals surface area contributed by atoms with E-state index in [4.69, 9.17) is 14.6 Å². The van der Waals surface area contributed by atoms with E-state index in [1.54, 1.807) is 24.3 Å². The van der Waals surface area contributed by atoms with E-state index >= 15 is 0 Å². The first-order chi connectivity index (χ1) is 14.7. The molecule has 2 aromatic carbocycles. The predicted octanol–water partition coefficient (Wildman–Crippen LogP) is 3.62. The lowest BCUT2D eigenvalue weighted by Gasteiger charge is -2.45. The van der Waals surface area contributed by atoms with Gasteiger partial charge in [0.15, 0.2) is 5.60 Å². The molecule has 3 aromatic rings. The van der Waals surface area contributed by atoms with E-state index < -0.39 is 5.60 Å². The summed E-state index contributed by atoms with van der Waals surface area (Å²) in [7, 11) is 0.